The lowest BCUT2D eigenvalue weighted by Crippen LogP contribution is -2.14. The van der Waals surface area contributed by atoms with Crippen molar-refractivity contribution in [2.75, 3.05) is 18.1 Å². The van der Waals surface area contributed by atoms with Crippen molar-refractivity contribution in [2.45, 2.75) is 26.2 Å². The van der Waals surface area contributed by atoms with Gasteiger partial charge in [-0.3, -0.25) is 4.68 Å². The maximum absolute atomic E-state index is 11.5. The number of carbonyl (C=O) groups excluding carboxylic acids is 1. The molecule has 0 amide bonds. The fraction of sp³-hybridized carbons (Fsp3) is 0.750. The van der Waals surface area contributed by atoms with E-state index >= 15 is 0 Å². The number of rotatable bonds is 4. The predicted octanol–water partition coefficient (Wildman–Crippen LogP) is 1.68. The summed E-state index contributed by atoms with van der Waals surface area (Å²) in [5.74, 6) is 3.76. The van der Waals surface area contributed by atoms with Gasteiger partial charge in [0.05, 0.1) is 6.61 Å². The summed E-state index contributed by atoms with van der Waals surface area (Å²) >= 11 is 2.01. The highest BCUT2D eigenvalue weighted by Gasteiger charge is 2.20. The molecule has 0 saturated carbocycles. The van der Waals surface area contributed by atoms with Gasteiger partial charge in [0.25, 0.3) is 5.82 Å². The number of aryl methyl sites for hydroxylation is 1. The number of ether oxygens (including phenoxy) is 1. The van der Waals surface area contributed by atoms with Gasteiger partial charge in [0.15, 0.2) is 0 Å². The van der Waals surface area contributed by atoms with Crippen LogP contribution in [0.25, 0.3) is 0 Å². The SMILES string of the molecule is CCOC(=O)c1nc(CC2CCSCC2)n(C)n1. The number of hydrogen-bond donors (Lipinski definition) is 0. The van der Waals surface area contributed by atoms with Gasteiger partial charge in [-0.25, -0.2) is 9.78 Å². The zero-order valence-electron chi connectivity index (χ0n) is 10.9. The minimum absolute atomic E-state index is 0.180. The van der Waals surface area contributed by atoms with E-state index in [4.69, 9.17) is 4.74 Å². The summed E-state index contributed by atoms with van der Waals surface area (Å²) in [6.07, 6.45) is 3.36. The van der Waals surface area contributed by atoms with Gasteiger partial charge < -0.3 is 4.74 Å². The van der Waals surface area contributed by atoms with Crippen molar-refractivity contribution < 1.29 is 9.53 Å². The molecule has 0 aromatic carbocycles. The second-order valence-corrected chi connectivity index (χ2v) is 5.68. The summed E-state index contributed by atoms with van der Waals surface area (Å²) in [4.78, 5) is 15.8. The third kappa shape index (κ3) is 3.25. The van der Waals surface area contributed by atoms with E-state index in [-0.39, 0.29) is 5.82 Å². The predicted molar refractivity (Wildman–Crippen MR) is 70.7 cm³/mol. The molecule has 18 heavy (non-hydrogen) atoms. The topological polar surface area (TPSA) is 57.0 Å². The van der Waals surface area contributed by atoms with E-state index in [0.29, 0.717) is 12.5 Å². The van der Waals surface area contributed by atoms with E-state index in [1.54, 1.807) is 11.6 Å². The lowest BCUT2D eigenvalue weighted by atomic mass is 9.98. The van der Waals surface area contributed by atoms with Crippen LogP contribution < -0.4 is 0 Å². The highest BCUT2D eigenvalue weighted by atomic mass is 32.2. The first-order valence-corrected chi connectivity index (χ1v) is 7.51. The quantitative estimate of drug-likeness (QED) is 0.778. The van der Waals surface area contributed by atoms with Crippen molar-refractivity contribution in [1.82, 2.24) is 14.8 Å². The van der Waals surface area contributed by atoms with E-state index < -0.39 is 5.97 Å². The van der Waals surface area contributed by atoms with E-state index in [2.05, 4.69) is 10.1 Å². The smallest absolute Gasteiger partial charge is 0.378 e. The molecule has 2 heterocycles. The average Bonchev–Trinajstić information content (AvgIpc) is 2.73. The van der Waals surface area contributed by atoms with Crippen molar-refractivity contribution in [3.8, 4) is 0 Å². The standard InChI is InChI=1S/C12H19N3O2S/c1-3-17-12(16)11-13-10(15(2)14-11)8-9-4-6-18-7-5-9/h9H,3-8H2,1-2H3. The number of nitrogens with zero attached hydrogens (tertiary/aromatic N) is 3. The van der Waals surface area contributed by atoms with Crippen molar-refractivity contribution in [1.29, 1.82) is 0 Å². The third-order valence-corrected chi connectivity index (χ3v) is 4.17. The van der Waals surface area contributed by atoms with Gasteiger partial charge in [0, 0.05) is 13.5 Å². The number of aromatic nitrogens is 3. The van der Waals surface area contributed by atoms with Crippen LogP contribution in [0.3, 0.4) is 0 Å². The number of esters is 1. The maximum Gasteiger partial charge on any atom is 0.378 e. The molecule has 0 aliphatic carbocycles. The number of carbonyl (C=O) groups is 1. The van der Waals surface area contributed by atoms with Gasteiger partial charge in [-0.2, -0.15) is 11.8 Å². The van der Waals surface area contributed by atoms with Crippen molar-refractivity contribution in [2.24, 2.45) is 13.0 Å². The number of hydrogen-bond acceptors (Lipinski definition) is 5. The largest absolute Gasteiger partial charge is 0.460 e. The molecule has 1 aliphatic rings. The summed E-state index contributed by atoms with van der Waals surface area (Å²) < 4.78 is 6.61. The van der Waals surface area contributed by atoms with Crippen LogP contribution in [0.2, 0.25) is 0 Å². The van der Waals surface area contributed by atoms with Crippen LogP contribution in [0.4, 0.5) is 0 Å². The van der Waals surface area contributed by atoms with E-state index in [9.17, 15) is 4.79 Å². The molecule has 0 spiro atoms. The Hall–Kier alpha value is -1.04. The molecule has 1 fully saturated rings. The van der Waals surface area contributed by atoms with Crippen molar-refractivity contribution in [3.05, 3.63) is 11.6 Å². The van der Waals surface area contributed by atoms with Crippen LogP contribution in [0.1, 0.15) is 36.2 Å². The lowest BCUT2D eigenvalue weighted by Gasteiger charge is -2.20. The van der Waals surface area contributed by atoms with Crippen molar-refractivity contribution in [3.63, 3.8) is 0 Å². The third-order valence-electron chi connectivity index (χ3n) is 3.12. The summed E-state index contributed by atoms with van der Waals surface area (Å²) in [5, 5.41) is 4.12. The van der Waals surface area contributed by atoms with Crippen LogP contribution in [-0.4, -0.2) is 38.8 Å². The summed E-state index contributed by atoms with van der Waals surface area (Å²) in [7, 11) is 1.84. The Morgan fingerprint density at radius 2 is 2.22 bits per heavy atom. The Morgan fingerprint density at radius 1 is 1.50 bits per heavy atom. The average molecular weight is 269 g/mol. The first-order valence-electron chi connectivity index (χ1n) is 6.35. The highest BCUT2D eigenvalue weighted by molar-refractivity contribution is 7.99. The molecule has 6 heteroatoms. The monoisotopic (exact) mass is 269 g/mol. The summed E-state index contributed by atoms with van der Waals surface area (Å²) in [5.41, 5.74) is 0. The molecule has 1 aliphatic heterocycles. The second kappa shape index (κ2) is 6.22. The van der Waals surface area contributed by atoms with Crippen LogP contribution in [-0.2, 0) is 18.2 Å². The first-order chi connectivity index (χ1) is 8.70. The van der Waals surface area contributed by atoms with Gasteiger partial charge in [-0.05, 0) is 37.2 Å². The second-order valence-electron chi connectivity index (χ2n) is 4.46. The molecular weight excluding hydrogens is 250 g/mol. The fourth-order valence-corrected chi connectivity index (χ4v) is 3.29. The molecule has 0 N–H and O–H groups in total. The van der Waals surface area contributed by atoms with Crippen LogP contribution in [0, 0.1) is 5.92 Å². The fourth-order valence-electron chi connectivity index (χ4n) is 2.09. The molecule has 1 saturated heterocycles. The van der Waals surface area contributed by atoms with E-state index in [1.807, 2.05) is 18.8 Å². The Balaban J connectivity index is 2.01. The van der Waals surface area contributed by atoms with Gasteiger partial charge in [-0.15, -0.1) is 5.10 Å². The molecule has 5 nitrogen and oxygen atoms in total. The van der Waals surface area contributed by atoms with Gasteiger partial charge >= 0.3 is 5.97 Å². The molecular formula is C12H19N3O2S. The van der Waals surface area contributed by atoms with Gasteiger partial charge in [0.2, 0.25) is 0 Å². The normalized spacial score (nSPS) is 16.8. The molecule has 1 aromatic heterocycles. The number of thioether (sulfide) groups is 1. The highest BCUT2D eigenvalue weighted by Crippen LogP contribution is 2.25. The Bertz CT molecular complexity index is 413. The molecule has 2 rings (SSSR count). The molecule has 100 valence electrons. The Kier molecular flexibility index (Phi) is 4.63. The molecule has 1 aromatic rings. The van der Waals surface area contributed by atoms with E-state index in [0.717, 1.165) is 12.2 Å². The first kappa shape index (κ1) is 13.4. The zero-order chi connectivity index (χ0) is 13.0. The van der Waals surface area contributed by atoms with Crippen LogP contribution >= 0.6 is 11.8 Å². The van der Waals surface area contributed by atoms with E-state index in [1.165, 1.54) is 24.3 Å². The molecule has 0 atom stereocenters. The summed E-state index contributed by atoms with van der Waals surface area (Å²) in [6.45, 7) is 2.13. The van der Waals surface area contributed by atoms with Gasteiger partial charge in [-0.1, -0.05) is 0 Å². The lowest BCUT2D eigenvalue weighted by molar-refractivity contribution is 0.0511. The Labute approximate surface area is 111 Å². The minimum Gasteiger partial charge on any atom is -0.460 e. The molecule has 0 bridgehead atoms. The molecule has 0 unspecified atom stereocenters. The molecule has 0 radical (unpaired) electrons. The maximum atomic E-state index is 11.5. The minimum atomic E-state index is -0.432. The van der Waals surface area contributed by atoms with Crippen LogP contribution in [0.5, 0.6) is 0 Å². The van der Waals surface area contributed by atoms with Crippen LogP contribution in [0.15, 0.2) is 0 Å². The Morgan fingerprint density at radius 3 is 2.89 bits per heavy atom. The van der Waals surface area contributed by atoms with Gasteiger partial charge in [0.1, 0.15) is 5.82 Å². The van der Waals surface area contributed by atoms with Crippen molar-refractivity contribution >= 4 is 17.7 Å². The summed E-state index contributed by atoms with van der Waals surface area (Å²) in [6, 6.07) is 0. The zero-order valence-corrected chi connectivity index (χ0v) is 11.7.